The van der Waals surface area contributed by atoms with E-state index in [-0.39, 0.29) is 10.8 Å². The van der Waals surface area contributed by atoms with Crippen molar-refractivity contribution < 1.29 is 17.9 Å². The van der Waals surface area contributed by atoms with Crippen LogP contribution >= 0.6 is 0 Å². The highest BCUT2D eigenvalue weighted by Gasteiger charge is 2.30. The van der Waals surface area contributed by atoms with Gasteiger partial charge in [0, 0.05) is 30.9 Å². The Kier molecular flexibility index (Phi) is 7.67. The minimum absolute atomic E-state index is 0.0981. The number of nitrogens with one attached hydrogen (secondary N) is 1. The second kappa shape index (κ2) is 10.7. The molecule has 0 bridgehead atoms. The number of amides is 1. The van der Waals surface area contributed by atoms with E-state index in [9.17, 15) is 13.2 Å². The van der Waals surface area contributed by atoms with Crippen LogP contribution in [0, 0.1) is 0 Å². The Morgan fingerprint density at radius 3 is 2.27 bits per heavy atom. The Morgan fingerprint density at radius 1 is 0.939 bits per heavy atom. The first-order chi connectivity index (χ1) is 16.0. The average Bonchev–Trinajstić information content (AvgIpc) is 3.37. The number of rotatable bonds is 8. The maximum absolute atomic E-state index is 13.2. The molecule has 0 spiro atoms. The van der Waals surface area contributed by atoms with E-state index >= 15 is 0 Å². The van der Waals surface area contributed by atoms with Crippen molar-refractivity contribution in [2.75, 3.05) is 38.1 Å². The lowest BCUT2D eigenvalue weighted by Gasteiger charge is -2.26. The highest BCUT2D eigenvalue weighted by atomic mass is 32.2. The Hall–Kier alpha value is -2.42. The third-order valence-corrected chi connectivity index (χ3v) is 8.18. The lowest BCUT2D eigenvalue weighted by molar-refractivity contribution is 0.102. The molecule has 2 aromatic rings. The van der Waals surface area contributed by atoms with E-state index in [1.807, 2.05) is 31.2 Å². The Balaban J connectivity index is 1.48. The van der Waals surface area contributed by atoms with E-state index in [0.29, 0.717) is 36.7 Å². The van der Waals surface area contributed by atoms with Crippen LogP contribution in [-0.2, 0) is 16.6 Å². The zero-order chi connectivity index (χ0) is 23.3. The molecule has 7 nitrogen and oxygen atoms in total. The molecular formula is C25H33N3O4S. The molecule has 0 unspecified atom stereocenters. The van der Waals surface area contributed by atoms with Crippen molar-refractivity contribution in [3.05, 3.63) is 53.6 Å². The predicted molar refractivity (Wildman–Crippen MR) is 129 cm³/mol. The smallest absolute Gasteiger partial charge is 0.255 e. The van der Waals surface area contributed by atoms with Gasteiger partial charge in [-0.05, 0) is 81.6 Å². The Labute approximate surface area is 196 Å². The number of ether oxygens (including phenoxy) is 1. The number of piperidine rings is 1. The molecule has 1 N–H and O–H groups in total. The lowest BCUT2D eigenvalue weighted by atomic mass is 10.1. The van der Waals surface area contributed by atoms with Gasteiger partial charge in [0.15, 0.2) is 0 Å². The summed E-state index contributed by atoms with van der Waals surface area (Å²) in [7, 11) is -3.68. The molecule has 2 aromatic carbocycles. The molecule has 0 saturated carbocycles. The summed E-state index contributed by atoms with van der Waals surface area (Å²) in [6, 6.07) is 12.4. The molecule has 4 rings (SSSR count). The van der Waals surface area contributed by atoms with Crippen LogP contribution in [0.5, 0.6) is 5.75 Å². The van der Waals surface area contributed by atoms with E-state index < -0.39 is 10.0 Å². The number of sulfonamides is 1. The van der Waals surface area contributed by atoms with Crippen LogP contribution in [0.15, 0.2) is 47.4 Å². The Bertz CT molecular complexity index is 1060. The number of hydrogen-bond donors (Lipinski definition) is 1. The summed E-state index contributed by atoms with van der Waals surface area (Å²) >= 11 is 0. The average molecular weight is 472 g/mol. The van der Waals surface area contributed by atoms with Crippen molar-refractivity contribution in [2.24, 2.45) is 0 Å². The predicted octanol–water partition coefficient (Wildman–Crippen LogP) is 4.11. The summed E-state index contributed by atoms with van der Waals surface area (Å²) < 4.78 is 33.4. The number of carbonyl (C=O) groups excluding carboxylic acids is 1. The summed E-state index contributed by atoms with van der Waals surface area (Å²) in [6.07, 6.45) is 5.51. The highest BCUT2D eigenvalue weighted by Crippen LogP contribution is 2.32. The fraction of sp³-hybridized carbons (Fsp3) is 0.480. The number of benzene rings is 2. The Morgan fingerprint density at radius 2 is 1.61 bits per heavy atom. The summed E-state index contributed by atoms with van der Waals surface area (Å²) in [5, 5.41) is 2.84. The fourth-order valence-electron chi connectivity index (χ4n) is 4.47. The maximum Gasteiger partial charge on any atom is 0.255 e. The van der Waals surface area contributed by atoms with Crippen LogP contribution in [0.25, 0.3) is 0 Å². The normalized spacial score (nSPS) is 17.7. The quantitative estimate of drug-likeness (QED) is 0.627. The molecule has 2 heterocycles. The standard InChI is InChI=1S/C25H33N3O4S/c1-2-32-23-13-12-22(18-24(23)33(30,31)28-16-6-7-17-28)26-25(29)21-10-8-20(9-11-21)19-27-14-4-3-5-15-27/h8-13,18H,2-7,14-17,19H2,1H3,(H,26,29). The van der Waals surface area contributed by atoms with Gasteiger partial charge in [0.05, 0.1) is 6.61 Å². The van der Waals surface area contributed by atoms with Gasteiger partial charge in [0.2, 0.25) is 10.0 Å². The summed E-state index contributed by atoms with van der Waals surface area (Å²) in [6.45, 7) is 6.35. The second-order valence-corrected chi connectivity index (χ2v) is 10.6. The number of carbonyl (C=O) groups is 1. The first kappa shape index (κ1) is 23.7. The van der Waals surface area contributed by atoms with Crippen LogP contribution < -0.4 is 10.1 Å². The molecule has 0 atom stereocenters. The molecule has 0 radical (unpaired) electrons. The topological polar surface area (TPSA) is 79.0 Å². The minimum Gasteiger partial charge on any atom is -0.492 e. The zero-order valence-corrected chi connectivity index (χ0v) is 20.1. The first-order valence-electron chi connectivity index (χ1n) is 11.9. The van der Waals surface area contributed by atoms with E-state index in [4.69, 9.17) is 4.74 Å². The molecule has 0 aromatic heterocycles. The molecule has 2 aliphatic rings. The summed E-state index contributed by atoms with van der Waals surface area (Å²) in [4.78, 5) is 15.4. The van der Waals surface area contributed by atoms with Crippen LogP contribution in [0.1, 0.15) is 54.9 Å². The molecule has 8 heteroatoms. The molecule has 0 aliphatic carbocycles. The fourth-order valence-corrected chi connectivity index (χ4v) is 6.14. The highest BCUT2D eigenvalue weighted by molar-refractivity contribution is 7.89. The molecule has 2 aliphatic heterocycles. The summed E-state index contributed by atoms with van der Waals surface area (Å²) in [5.74, 6) is 0.0395. The van der Waals surface area contributed by atoms with Gasteiger partial charge in [-0.25, -0.2) is 8.42 Å². The number of anilines is 1. The molecule has 2 fully saturated rings. The third kappa shape index (κ3) is 5.75. The number of likely N-dealkylation sites (tertiary alicyclic amines) is 1. The van der Waals surface area contributed by atoms with Crippen molar-refractivity contribution in [1.29, 1.82) is 0 Å². The first-order valence-corrected chi connectivity index (χ1v) is 13.3. The van der Waals surface area contributed by atoms with E-state index in [1.54, 1.807) is 12.1 Å². The van der Waals surface area contributed by atoms with Crippen molar-refractivity contribution >= 4 is 21.6 Å². The van der Waals surface area contributed by atoms with Gasteiger partial charge in [-0.3, -0.25) is 9.69 Å². The number of hydrogen-bond acceptors (Lipinski definition) is 5. The molecule has 178 valence electrons. The lowest BCUT2D eigenvalue weighted by Crippen LogP contribution is -2.29. The minimum atomic E-state index is -3.68. The third-order valence-electron chi connectivity index (χ3n) is 6.26. The van der Waals surface area contributed by atoms with Crippen LogP contribution in [0.3, 0.4) is 0 Å². The molecular weight excluding hydrogens is 438 g/mol. The molecule has 33 heavy (non-hydrogen) atoms. The van der Waals surface area contributed by atoms with Crippen molar-refractivity contribution in [2.45, 2.75) is 50.5 Å². The second-order valence-electron chi connectivity index (χ2n) is 8.69. The summed E-state index contributed by atoms with van der Waals surface area (Å²) in [5.41, 5.74) is 2.15. The van der Waals surface area contributed by atoms with E-state index in [1.165, 1.54) is 35.2 Å². The van der Waals surface area contributed by atoms with E-state index in [2.05, 4.69) is 10.2 Å². The van der Waals surface area contributed by atoms with E-state index in [0.717, 1.165) is 32.5 Å². The number of nitrogens with zero attached hydrogens (tertiary/aromatic N) is 2. The van der Waals surface area contributed by atoms with Crippen molar-refractivity contribution in [3.8, 4) is 5.75 Å². The van der Waals surface area contributed by atoms with Crippen LogP contribution in [0.2, 0.25) is 0 Å². The van der Waals surface area contributed by atoms with Gasteiger partial charge < -0.3 is 10.1 Å². The molecule has 2 saturated heterocycles. The molecule has 1 amide bonds. The van der Waals surface area contributed by atoms with Gasteiger partial charge in [0.1, 0.15) is 10.6 Å². The largest absolute Gasteiger partial charge is 0.492 e. The van der Waals surface area contributed by atoms with Crippen LogP contribution in [-0.4, -0.2) is 56.3 Å². The van der Waals surface area contributed by atoms with Gasteiger partial charge in [-0.2, -0.15) is 4.31 Å². The zero-order valence-electron chi connectivity index (χ0n) is 19.3. The van der Waals surface area contributed by atoms with Gasteiger partial charge >= 0.3 is 0 Å². The van der Waals surface area contributed by atoms with Crippen LogP contribution in [0.4, 0.5) is 5.69 Å². The van der Waals surface area contributed by atoms with Gasteiger partial charge in [-0.1, -0.05) is 18.6 Å². The van der Waals surface area contributed by atoms with Crippen molar-refractivity contribution in [3.63, 3.8) is 0 Å². The monoisotopic (exact) mass is 471 g/mol. The van der Waals surface area contributed by atoms with Gasteiger partial charge in [-0.15, -0.1) is 0 Å². The SMILES string of the molecule is CCOc1ccc(NC(=O)c2ccc(CN3CCCCC3)cc2)cc1S(=O)(=O)N1CCCC1. The van der Waals surface area contributed by atoms with Gasteiger partial charge in [0.25, 0.3) is 5.91 Å². The maximum atomic E-state index is 13.2. The van der Waals surface area contributed by atoms with Crippen molar-refractivity contribution in [1.82, 2.24) is 9.21 Å².